The van der Waals surface area contributed by atoms with Crippen molar-refractivity contribution in [3.05, 3.63) is 65.2 Å². The molecule has 2 aromatic rings. The molecule has 0 unspecified atom stereocenters. The highest BCUT2D eigenvalue weighted by Crippen LogP contribution is 2.23. The number of nitrogens with zero attached hydrogens (tertiary/aromatic N) is 1. The number of hydrogen-bond acceptors (Lipinski definition) is 3. The van der Waals surface area contributed by atoms with Crippen molar-refractivity contribution in [2.75, 3.05) is 13.1 Å². The van der Waals surface area contributed by atoms with E-state index in [1.165, 1.54) is 49.0 Å². The summed E-state index contributed by atoms with van der Waals surface area (Å²) < 4.78 is 0. The molecule has 2 aromatic carbocycles. The Labute approximate surface area is 167 Å². The molecule has 3 rings (SSSR count). The maximum absolute atomic E-state index is 12.5. The van der Waals surface area contributed by atoms with E-state index in [9.17, 15) is 4.79 Å². The van der Waals surface area contributed by atoms with Crippen LogP contribution in [0, 0.1) is 6.92 Å². The Hall–Kier alpha value is -1.78. The summed E-state index contributed by atoms with van der Waals surface area (Å²) in [6.45, 7) is 8.00. The van der Waals surface area contributed by atoms with Crippen LogP contribution in [0.4, 0.5) is 0 Å². The molecule has 0 aliphatic carbocycles. The molecular formula is C23H30N2OS. The Morgan fingerprint density at radius 3 is 2.41 bits per heavy atom. The number of likely N-dealkylation sites (tertiary alicyclic amines) is 1. The van der Waals surface area contributed by atoms with E-state index in [2.05, 4.69) is 65.7 Å². The van der Waals surface area contributed by atoms with Gasteiger partial charge in [-0.2, -0.15) is 0 Å². The lowest BCUT2D eigenvalue weighted by molar-refractivity contribution is -0.120. The normalized spacial score (nSPS) is 16.1. The van der Waals surface area contributed by atoms with Crippen LogP contribution in [-0.4, -0.2) is 29.1 Å². The first-order valence-corrected chi connectivity index (χ1v) is 10.8. The molecule has 0 spiro atoms. The first-order chi connectivity index (χ1) is 13.1. The van der Waals surface area contributed by atoms with Crippen LogP contribution in [0.5, 0.6) is 0 Å². The van der Waals surface area contributed by atoms with Crippen LogP contribution < -0.4 is 5.32 Å². The molecule has 1 fully saturated rings. The SMILES string of the molecule is Cc1ccc(S[C@@H](C)C(=O)NCc2ccccc2CN2CCCCC2)cc1. The maximum atomic E-state index is 12.5. The van der Waals surface area contributed by atoms with E-state index in [1.54, 1.807) is 11.8 Å². The third-order valence-electron chi connectivity index (χ3n) is 5.12. The molecule has 1 N–H and O–H groups in total. The number of thioether (sulfide) groups is 1. The monoisotopic (exact) mass is 382 g/mol. The number of carbonyl (C=O) groups excluding carboxylic acids is 1. The van der Waals surface area contributed by atoms with E-state index in [-0.39, 0.29) is 11.2 Å². The van der Waals surface area contributed by atoms with Crippen molar-refractivity contribution < 1.29 is 4.79 Å². The smallest absolute Gasteiger partial charge is 0.233 e. The van der Waals surface area contributed by atoms with Gasteiger partial charge in [-0.15, -0.1) is 11.8 Å². The van der Waals surface area contributed by atoms with Gasteiger partial charge in [0.1, 0.15) is 0 Å². The van der Waals surface area contributed by atoms with Crippen LogP contribution in [0.3, 0.4) is 0 Å². The zero-order chi connectivity index (χ0) is 19.1. The summed E-state index contributed by atoms with van der Waals surface area (Å²) >= 11 is 1.61. The van der Waals surface area contributed by atoms with Crippen molar-refractivity contribution in [1.82, 2.24) is 10.2 Å². The van der Waals surface area contributed by atoms with Crippen LogP contribution in [-0.2, 0) is 17.9 Å². The van der Waals surface area contributed by atoms with E-state index in [0.717, 1.165) is 11.4 Å². The number of benzene rings is 2. The molecule has 0 saturated carbocycles. The van der Waals surface area contributed by atoms with Gasteiger partial charge in [0, 0.05) is 18.0 Å². The Bertz CT molecular complexity index is 738. The van der Waals surface area contributed by atoms with Gasteiger partial charge in [-0.3, -0.25) is 9.69 Å². The molecule has 144 valence electrons. The molecule has 4 heteroatoms. The second kappa shape index (κ2) is 9.95. The van der Waals surface area contributed by atoms with Gasteiger partial charge >= 0.3 is 0 Å². The molecular weight excluding hydrogens is 352 g/mol. The molecule has 0 bridgehead atoms. The highest BCUT2D eigenvalue weighted by Gasteiger charge is 2.16. The number of nitrogens with one attached hydrogen (secondary N) is 1. The van der Waals surface area contributed by atoms with E-state index < -0.39 is 0 Å². The highest BCUT2D eigenvalue weighted by molar-refractivity contribution is 8.00. The van der Waals surface area contributed by atoms with Gasteiger partial charge in [0.25, 0.3) is 0 Å². The summed E-state index contributed by atoms with van der Waals surface area (Å²) in [4.78, 5) is 16.2. The minimum Gasteiger partial charge on any atom is -0.351 e. The first kappa shape index (κ1) is 20.0. The lowest BCUT2D eigenvalue weighted by atomic mass is 10.0. The van der Waals surface area contributed by atoms with Gasteiger partial charge in [0.15, 0.2) is 0 Å². The van der Waals surface area contributed by atoms with Crippen LogP contribution >= 0.6 is 11.8 Å². The Morgan fingerprint density at radius 2 is 1.70 bits per heavy atom. The van der Waals surface area contributed by atoms with Gasteiger partial charge in [-0.25, -0.2) is 0 Å². The maximum Gasteiger partial charge on any atom is 0.233 e. The minimum atomic E-state index is -0.109. The van der Waals surface area contributed by atoms with Crippen molar-refractivity contribution in [3.8, 4) is 0 Å². The molecule has 1 aliphatic rings. The second-order valence-electron chi connectivity index (χ2n) is 7.40. The highest BCUT2D eigenvalue weighted by atomic mass is 32.2. The Kier molecular flexibility index (Phi) is 7.36. The summed E-state index contributed by atoms with van der Waals surface area (Å²) in [5.41, 5.74) is 3.80. The van der Waals surface area contributed by atoms with Gasteiger partial charge in [-0.1, -0.05) is 48.4 Å². The average Bonchev–Trinajstić information content (AvgIpc) is 2.69. The minimum absolute atomic E-state index is 0.0911. The van der Waals surface area contributed by atoms with Crippen molar-refractivity contribution in [3.63, 3.8) is 0 Å². The van der Waals surface area contributed by atoms with E-state index >= 15 is 0 Å². The Morgan fingerprint density at radius 1 is 1.04 bits per heavy atom. The number of rotatable bonds is 7. The Balaban J connectivity index is 1.54. The van der Waals surface area contributed by atoms with Crippen molar-refractivity contribution in [2.24, 2.45) is 0 Å². The lowest BCUT2D eigenvalue weighted by Gasteiger charge is -2.27. The fourth-order valence-electron chi connectivity index (χ4n) is 3.44. The summed E-state index contributed by atoms with van der Waals surface area (Å²) in [7, 11) is 0. The van der Waals surface area contributed by atoms with Gasteiger partial charge in [0.2, 0.25) is 5.91 Å². The van der Waals surface area contributed by atoms with Crippen molar-refractivity contribution in [2.45, 2.75) is 56.3 Å². The van der Waals surface area contributed by atoms with E-state index in [0.29, 0.717) is 6.54 Å². The number of amides is 1. The molecule has 27 heavy (non-hydrogen) atoms. The van der Waals surface area contributed by atoms with Crippen molar-refractivity contribution in [1.29, 1.82) is 0 Å². The zero-order valence-electron chi connectivity index (χ0n) is 16.4. The van der Waals surface area contributed by atoms with Gasteiger partial charge in [0.05, 0.1) is 5.25 Å². The predicted molar refractivity (Wildman–Crippen MR) is 114 cm³/mol. The standard InChI is InChI=1S/C23H30N2OS/c1-18-10-12-22(13-11-18)27-19(2)23(26)24-16-20-8-4-5-9-21(20)17-25-14-6-3-7-15-25/h4-5,8-13,19H,3,6-7,14-17H2,1-2H3,(H,24,26)/t19-/m0/s1. The largest absolute Gasteiger partial charge is 0.351 e. The summed E-state index contributed by atoms with van der Waals surface area (Å²) in [5.74, 6) is 0.0911. The van der Waals surface area contributed by atoms with E-state index in [4.69, 9.17) is 0 Å². The van der Waals surface area contributed by atoms with Crippen LogP contribution in [0.1, 0.15) is 42.9 Å². The van der Waals surface area contributed by atoms with Crippen LogP contribution in [0.2, 0.25) is 0 Å². The molecule has 3 nitrogen and oxygen atoms in total. The van der Waals surface area contributed by atoms with Gasteiger partial charge in [-0.05, 0) is 63.0 Å². The first-order valence-electron chi connectivity index (χ1n) is 9.92. The van der Waals surface area contributed by atoms with E-state index in [1.807, 2.05) is 6.92 Å². The molecule has 0 aromatic heterocycles. The predicted octanol–water partition coefficient (Wildman–Crippen LogP) is 4.78. The van der Waals surface area contributed by atoms with Crippen LogP contribution in [0.25, 0.3) is 0 Å². The average molecular weight is 383 g/mol. The molecule has 1 atom stereocenters. The molecule has 1 saturated heterocycles. The molecule has 1 heterocycles. The van der Waals surface area contributed by atoms with Crippen molar-refractivity contribution >= 4 is 17.7 Å². The van der Waals surface area contributed by atoms with Crippen LogP contribution in [0.15, 0.2) is 53.4 Å². The fraction of sp³-hybridized carbons (Fsp3) is 0.435. The quantitative estimate of drug-likeness (QED) is 0.700. The number of piperidine rings is 1. The molecule has 1 aliphatic heterocycles. The molecule has 0 radical (unpaired) electrons. The van der Waals surface area contributed by atoms with Gasteiger partial charge < -0.3 is 5.32 Å². The summed E-state index contributed by atoms with van der Waals surface area (Å²) in [6, 6.07) is 16.8. The topological polar surface area (TPSA) is 32.3 Å². The summed E-state index contributed by atoms with van der Waals surface area (Å²) in [6.07, 6.45) is 3.95. The fourth-order valence-corrected chi connectivity index (χ4v) is 4.34. The third kappa shape index (κ3) is 6.12. The lowest BCUT2D eigenvalue weighted by Crippen LogP contribution is -2.32. The summed E-state index contributed by atoms with van der Waals surface area (Å²) in [5, 5.41) is 3.02. The molecule has 1 amide bonds. The number of carbonyl (C=O) groups is 1. The number of aryl methyl sites for hydroxylation is 1. The number of hydrogen-bond donors (Lipinski definition) is 1. The second-order valence-corrected chi connectivity index (χ2v) is 8.81. The third-order valence-corrected chi connectivity index (χ3v) is 6.23. The zero-order valence-corrected chi connectivity index (χ0v) is 17.2.